The summed E-state index contributed by atoms with van der Waals surface area (Å²) in [4.78, 5) is 20.1. The lowest BCUT2D eigenvalue weighted by atomic mass is 10.2. The number of pyridine rings is 2. The Labute approximate surface area is 107 Å². The summed E-state index contributed by atoms with van der Waals surface area (Å²) in [6.07, 6.45) is 3.31. The highest BCUT2D eigenvalue weighted by molar-refractivity contribution is 9.10. The van der Waals surface area contributed by atoms with Crippen LogP contribution in [0.4, 0.5) is 5.69 Å². The van der Waals surface area contributed by atoms with E-state index in [4.69, 9.17) is 0 Å². The lowest BCUT2D eigenvalue weighted by Gasteiger charge is -2.07. The molecule has 0 bridgehead atoms. The SMILES string of the molecule is Cc1ncccc1C(=O)Nc1cccnc1Br. The molecule has 2 aromatic heterocycles. The van der Waals surface area contributed by atoms with E-state index < -0.39 is 0 Å². The van der Waals surface area contributed by atoms with Crippen LogP contribution < -0.4 is 5.32 Å². The molecule has 0 radical (unpaired) electrons. The first-order valence-corrected chi connectivity index (χ1v) is 5.81. The molecule has 2 aromatic rings. The number of aryl methyl sites for hydroxylation is 1. The van der Waals surface area contributed by atoms with Gasteiger partial charge in [-0.25, -0.2) is 4.98 Å². The molecule has 17 heavy (non-hydrogen) atoms. The molecule has 4 nitrogen and oxygen atoms in total. The monoisotopic (exact) mass is 291 g/mol. The van der Waals surface area contributed by atoms with E-state index in [1.54, 1.807) is 43.6 Å². The lowest BCUT2D eigenvalue weighted by molar-refractivity contribution is 0.102. The van der Waals surface area contributed by atoms with Gasteiger partial charge in [-0.15, -0.1) is 0 Å². The molecule has 86 valence electrons. The summed E-state index contributed by atoms with van der Waals surface area (Å²) in [5.74, 6) is -0.190. The Balaban J connectivity index is 2.24. The molecule has 0 atom stereocenters. The second kappa shape index (κ2) is 5.05. The Hall–Kier alpha value is -1.75. The maximum Gasteiger partial charge on any atom is 0.257 e. The normalized spacial score (nSPS) is 10.0. The molecule has 2 heterocycles. The van der Waals surface area contributed by atoms with E-state index in [-0.39, 0.29) is 5.91 Å². The van der Waals surface area contributed by atoms with Crippen LogP contribution in [-0.2, 0) is 0 Å². The number of nitrogens with zero attached hydrogens (tertiary/aromatic N) is 2. The van der Waals surface area contributed by atoms with Gasteiger partial charge >= 0.3 is 0 Å². The van der Waals surface area contributed by atoms with Crippen molar-refractivity contribution in [2.24, 2.45) is 0 Å². The maximum atomic E-state index is 12.0. The molecule has 1 amide bonds. The zero-order valence-corrected chi connectivity index (χ0v) is 10.7. The Morgan fingerprint density at radius 2 is 1.94 bits per heavy atom. The number of carbonyl (C=O) groups is 1. The van der Waals surface area contributed by atoms with Crippen LogP contribution in [0.5, 0.6) is 0 Å². The van der Waals surface area contributed by atoms with E-state index in [1.165, 1.54) is 0 Å². The van der Waals surface area contributed by atoms with Crippen molar-refractivity contribution in [3.05, 3.63) is 52.5 Å². The number of carbonyl (C=O) groups excluding carboxylic acids is 1. The van der Waals surface area contributed by atoms with Crippen molar-refractivity contribution >= 4 is 27.5 Å². The smallest absolute Gasteiger partial charge is 0.257 e. The molecule has 0 aromatic carbocycles. The third kappa shape index (κ3) is 2.68. The first-order chi connectivity index (χ1) is 8.18. The van der Waals surface area contributed by atoms with Crippen molar-refractivity contribution < 1.29 is 4.79 Å². The molecule has 0 unspecified atom stereocenters. The number of rotatable bonds is 2. The van der Waals surface area contributed by atoms with Crippen LogP contribution in [0.2, 0.25) is 0 Å². The van der Waals surface area contributed by atoms with Crippen LogP contribution in [0, 0.1) is 6.92 Å². The van der Waals surface area contributed by atoms with Crippen molar-refractivity contribution in [2.75, 3.05) is 5.32 Å². The minimum absolute atomic E-state index is 0.190. The first kappa shape index (κ1) is 11.7. The average Bonchev–Trinajstić information content (AvgIpc) is 2.32. The number of hydrogen-bond acceptors (Lipinski definition) is 3. The van der Waals surface area contributed by atoms with Crippen molar-refractivity contribution in [1.29, 1.82) is 0 Å². The second-order valence-electron chi connectivity index (χ2n) is 3.43. The van der Waals surface area contributed by atoms with Crippen LogP contribution in [0.1, 0.15) is 16.1 Å². The maximum absolute atomic E-state index is 12.0. The Kier molecular flexibility index (Phi) is 3.49. The summed E-state index contributed by atoms with van der Waals surface area (Å²) in [5, 5.41) is 2.78. The largest absolute Gasteiger partial charge is 0.320 e. The van der Waals surface area contributed by atoms with Gasteiger partial charge < -0.3 is 5.32 Å². The highest BCUT2D eigenvalue weighted by atomic mass is 79.9. The number of aromatic nitrogens is 2. The van der Waals surface area contributed by atoms with Gasteiger partial charge in [-0.3, -0.25) is 9.78 Å². The van der Waals surface area contributed by atoms with E-state index in [9.17, 15) is 4.79 Å². The van der Waals surface area contributed by atoms with E-state index in [2.05, 4.69) is 31.2 Å². The van der Waals surface area contributed by atoms with Crippen LogP contribution in [-0.4, -0.2) is 15.9 Å². The Bertz CT molecular complexity index is 557. The molecule has 0 aliphatic rings. The molecular formula is C12H10BrN3O. The summed E-state index contributed by atoms with van der Waals surface area (Å²) in [6.45, 7) is 1.80. The van der Waals surface area contributed by atoms with Crippen molar-refractivity contribution in [3.8, 4) is 0 Å². The summed E-state index contributed by atoms with van der Waals surface area (Å²) >= 11 is 3.27. The first-order valence-electron chi connectivity index (χ1n) is 5.02. The highest BCUT2D eigenvalue weighted by Gasteiger charge is 2.10. The third-order valence-corrected chi connectivity index (χ3v) is 2.89. The van der Waals surface area contributed by atoms with Crippen LogP contribution in [0.15, 0.2) is 41.3 Å². The molecule has 0 fully saturated rings. The number of hydrogen-bond donors (Lipinski definition) is 1. The number of halogens is 1. The molecule has 0 spiro atoms. The van der Waals surface area contributed by atoms with Gasteiger partial charge in [0.15, 0.2) is 0 Å². The standard InChI is InChI=1S/C12H10BrN3O/c1-8-9(4-2-6-14-8)12(17)16-10-5-3-7-15-11(10)13/h2-7H,1H3,(H,16,17). The number of amides is 1. The molecule has 0 saturated heterocycles. The van der Waals surface area contributed by atoms with E-state index in [0.717, 1.165) is 0 Å². The quantitative estimate of drug-likeness (QED) is 0.866. The fourth-order valence-corrected chi connectivity index (χ4v) is 1.74. The predicted octanol–water partition coefficient (Wildman–Crippen LogP) is 2.80. The molecule has 1 N–H and O–H groups in total. The van der Waals surface area contributed by atoms with Gasteiger partial charge in [0.2, 0.25) is 0 Å². The minimum Gasteiger partial charge on any atom is -0.320 e. The fraction of sp³-hybridized carbons (Fsp3) is 0.0833. The van der Waals surface area contributed by atoms with Gasteiger partial charge in [0.25, 0.3) is 5.91 Å². The van der Waals surface area contributed by atoms with Gasteiger partial charge in [0.1, 0.15) is 4.60 Å². The Morgan fingerprint density at radius 1 is 1.24 bits per heavy atom. The van der Waals surface area contributed by atoms with Crippen molar-refractivity contribution in [3.63, 3.8) is 0 Å². The molecule has 0 saturated carbocycles. The minimum atomic E-state index is -0.190. The van der Waals surface area contributed by atoms with Gasteiger partial charge in [0.05, 0.1) is 11.3 Å². The third-order valence-electron chi connectivity index (χ3n) is 2.26. The summed E-state index contributed by atoms with van der Waals surface area (Å²) in [5.41, 5.74) is 1.90. The van der Waals surface area contributed by atoms with Crippen LogP contribution >= 0.6 is 15.9 Å². The van der Waals surface area contributed by atoms with Gasteiger partial charge in [-0.2, -0.15) is 0 Å². The number of nitrogens with one attached hydrogen (secondary N) is 1. The molecular weight excluding hydrogens is 282 g/mol. The van der Waals surface area contributed by atoms with Gasteiger partial charge in [0, 0.05) is 18.1 Å². The zero-order valence-electron chi connectivity index (χ0n) is 9.14. The van der Waals surface area contributed by atoms with Gasteiger partial charge in [-0.05, 0) is 47.1 Å². The van der Waals surface area contributed by atoms with Crippen molar-refractivity contribution in [2.45, 2.75) is 6.92 Å². The van der Waals surface area contributed by atoms with Crippen LogP contribution in [0.3, 0.4) is 0 Å². The topological polar surface area (TPSA) is 54.9 Å². The fourth-order valence-electron chi connectivity index (χ4n) is 1.39. The molecule has 0 aliphatic heterocycles. The number of anilines is 1. The highest BCUT2D eigenvalue weighted by Crippen LogP contribution is 2.19. The molecule has 0 aliphatic carbocycles. The summed E-state index contributed by atoms with van der Waals surface area (Å²) in [7, 11) is 0. The predicted molar refractivity (Wildman–Crippen MR) is 68.9 cm³/mol. The zero-order chi connectivity index (χ0) is 12.3. The second-order valence-corrected chi connectivity index (χ2v) is 4.18. The lowest BCUT2D eigenvalue weighted by Crippen LogP contribution is -2.14. The molecule has 5 heteroatoms. The average molecular weight is 292 g/mol. The summed E-state index contributed by atoms with van der Waals surface area (Å²) in [6, 6.07) is 7.01. The van der Waals surface area contributed by atoms with Crippen LogP contribution in [0.25, 0.3) is 0 Å². The van der Waals surface area contributed by atoms with E-state index in [1.807, 2.05) is 0 Å². The van der Waals surface area contributed by atoms with Gasteiger partial charge in [-0.1, -0.05) is 0 Å². The Morgan fingerprint density at radius 3 is 2.65 bits per heavy atom. The molecule has 2 rings (SSSR count). The van der Waals surface area contributed by atoms with Crippen molar-refractivity contribution in [1.82, 2.24) is 9.97 Å². The summed E-state index contributed by atoms with van der Waals surface area (Å²) < 4.78 is 0.606. The van der Waals surface area contributed by atoms with E-state index >= 15 is 0 Å². The van der Waals surface area contributed by atoms with E-state index in [0.29, 0.717) is 21.5 Å².